The van der Waals surface area contributed by atoms with Gasteiger partial charge in [-0.3, -0.25) is 14.4 Å². The Hall–Kier alpha value is -2.63. The van der Waals surface area contributed by atoms with Gasteiger partial charge in [-0.1, -0.05) is 243 Å². The lowest BCUT2D eigenvalue weighted by molar-refractivity contribution is -0.167. The van der Waals surface area contributed by atoms with Gasteiger partial charge in [-0.05, 0) is 77.0 Å². The van der Waals surface area contributed by atoms with Crippen molar-refractivity contribution in [1.82, 2.24) is 0 Å². The summed E-state index contributed by atoms with van der Waals surface area (Å²) in [6, 6.07) is 0. The van der Waals surface area contributed by atoms with Crippen LogP contribution < -0.4 is 0 Å². The molecule has 0 heterocycles. The molecule has 378 valence electrons. The first kappa shape index (κ1) is 62.4. The van der Waals surface area contributed by atoms with Crippen molar-refractivity contribution in [2.24, 2.45) is 0 Å². The monoisotopic (exact) mass is 911 g/mol. The Labute approximate surface area is 403 Å². The van der Waals surface area contributed by atoms with Crippen LogP contribution in [0.5, 0.6) is 0 Å². The third kappa shape index (κ3) is 52.2. The number of unbranched alkanes of at least 4 members (excludes halogenated alkanes) is 32. The number of ether oxygens (including phenoxy) is 3. The van der Waals surface area contributed by atoms with Crippen molar-refractivity contribution in [2.45, 2.75) is 297 Å². The van der Waals surface area contributed by atoms with Crippen molar-refractivity contribution in [3.8, 4) is 0 Å². The fourth-order valence-electron chi connectivity index (χ4n) is 8.10. The summed E-state index contributed by atoms with van der Waals surface area (Å²) in [4.78, 5) is 38.0. The number of carbonyl (C=O) groups excluding carboxylic acids is 3. The van der Waals surface area contributed by atoms with E-state index >= 15 is 0 Å². The van der Waals surface area contributed by atoms with E-state index in [-0.39, 0.29) is 31.1 Å². The number of rotatable bonds is 51. The van der Waals surface area contributed by atoms with Gasteiger partial charge in [0.25, 0.3) is 0 Å². The molecule has 1 unspecified atom stereocenters. The third-order valence-electron chi connectivity index (χ3n) is 12.3. The number of carbonyl (C=O) groups is 3. The van der Waals surface area contributed by atoms with Crippen molar-refractivity contribution < 1.29 is 28.6 Å². The molecule has 6 heteroatoms. The van der Waals surface area contributed by atoms with E-state index in [0.717, 1.165) is 89.9 Å². The van der Waals surface area contributed by atoms with Crippen LogP contribution in [0.4, 0.5) is 0 Å². The molecule has 0 saturated heterocycles. The van der Waals surface area contributed by atoms with Crippen LogP contribution >= 0.6 is 0 Å². The van der Waals surface area contributed by atoms with Crippen LogP contribution in [0.25, 0.3) is 0 Å². The molecule has 1 atom stereocenters. The van der Waals surface area contributed by atoms with Gasteiger partial charge in [-0.2, -0.15) is 0 Å². The summed E-state index contributed by atoms with van der Waals surface area (Å²) in [6.07, 6.45) is 65.4. The van der Waals surface area contributed by atoms with Gasteiger partial charge in [0.2, 0.25) is 0 Å². The average molecular weight is 911 g/mol. The van der Waals surface area contributed by atoms with E-state index in [4.69, 9.17) is 14.2 Å². The summed E-state index contributed by atoms with van der Waals surface area (Å²) in [6.45, 7) is 6.50. The molecule has 0 aliphatic carbocycles. The van der Waals surface area contributed by atoms with Crippen molar-refractivity contribution in [3.63, 3.8) is 0 Å². The van der Waals surface area contributed by atoms with Gasteiger partial charge in [0, 0.05) is 19.3 Å². The largest absolute Gasteiger partial charge is 0.462 e. The molecule has 0 aliphatic rings. The molecular weight excluding hydrogens is 805 g/mol. The van der Waals surface area contributed by atoms with Gasteiger partial charge < -0.3 is 14.2 Å². The molecule has 6 nitrogen and oxygen atoms in total. The second-order valence-corrected chi connectivity index (χ2v) is 18.8. The predicted octanol–water partition coefficient (Wildman–Crippen LogP) is 18.7. The van der Waals surface area contributed by atoms with E-state index in [1.165, 1.54) is 161 Å². The molecule has 0 bridgehead atoms. The molecule has 0 fully saturated rings. The van der Waals surface area contributed by atoms with Crippen LogP contribution in [0.2, 0.25) is 0 Å². The molecule has 0 spiro atoms. The van der Waals surface area contributed by atoms with Gasteiger partial charge in [0.05, 0.1) is 0 Å². The van der Waals surface area contributed by atoms with Crippen LogP contribution in [0.3, 0.4) is 0 Å². The highest BCUT2D eigenvalue weighted by Gasteiger charge is 2.19. The summed E-state index contributed by atoms with van der Waals surface area (Å²) in [5, 5.41) is 0. The van der Waals surface area contributed by atoms with Crippen LogP contribution in [0, 0.1) is 0 Å². The molecule has 0 rings (SSSR count). The highest BCUT2D eigenvalue weighted by molar-refractivity contribution is 5.71. The van der Waals surface area contributed by atoms with Gasteiger partial charge in [-0.25, -0.2) is 0 Å². The third-order valence-corrected chi connectivity index (χ3v) is 12.3. The van der Waals surface area contributed by atoms with Gasteiger partial charge in [0.15, 0.2) is 6.10 Å². The fourth-order valence-corrected chi connectivity index (χ4v) is 8.10. The highest BCUT2D eigenvalue weighted by atomic mass is 16.6. The van der Waals surface area contributed by atoms with E-state index in [2.05, 4.69) is 69.4 Å². The molecule has 65 heavy (non-hydrogen) atoms. The van der Waals surface area contributed by atoms with E-state index in [0.29, 0.717) is 19.3 Å². The zero-order chi connectivity index (χ0) is 47.2. The SMILES string of the molecule is CC/C=C\C/C=C\C/C=C\CCCCCC(=O)OC(COC(=O)CCCCCCC/C=C\CCCCC)COC(=O)CCCCCCCCCCCCCCCCCCCCCCCC. The minimum absolute atomic E-state index is 0.0850. The lowest BCUT2D eigenvalue weighted by Gasteiger charge is -2.18. The quantitative estimate of drug-likeness (QED) is 0.0262. The first-order valence-electron chi connectivity index (χ1n) is 28.1. The van der Waals surface area contributed by atoms with E-state index in [1.807, 2.05) is 0 Å². The smallest absolute Gasteiger partial charge is 0.306 e. The van der Waals surface area contributed by atoms with Crippen molar-refractivity contribution in [1.29, 1.82) is 0 Å². The lowest BCUT2D eigenvalue weighted by Crippen LogP contribution is -2.30. The Morgan fingerprint density at radius 1 is 0.323 bits per heavy atom. The number of hydrogen-bond acceptors (Lipinski definition) is 6. The first-order chi connectivity index (χ1) is 32.0. The summed E-state index contributed by atoms with van der Waals surface area (Å²) in [5.74, 6) is -0.913. The molecule has 0 radical (unpaired) electrons. The van der Waals surface area contributed by atoms with Gasteiger partial charge >= 0.3 is 17.9 Å². The van der Waals surface area contributed by atoms with Gasteiger partial charge in [0.1, 0.15) is 13.2 Å². The number of allylic oxidation sites excluding steroid dienone is 8. The maximum Gasteiger partial charge on any atom is 0.306 e. The van der Waals surface area contributed by atoms with Crippen LogP contribution in [0.1, 0.15) is 290 Å². The average Bonchev–Trinajstić information content (AvgIpc) is 3.30. The van der Waals surface area contributed by atoms with Crippen molar-refractivity contribution >= 4 is 17.9 Å². The van der Waals surface area contributed by atoms with Crippen LogP contribution in [-0.4, -0.2) is 37.2 Å². The normalized spacial score (nSPS) is 12.4. The summed E-state index contributed by atoms with van der Waals surface area (Å²) in [7, 11) is 0. The number of hydrogen-bond donors (Lipinski definition) is 0. The minimum atomic E-state index is -0.789. The summed E-state index contributed by atoms with van der Waals surface area (Å²) in [5.41, 5.74) is 0. The van der Waals surface area contributed by atoms with Crippen LogP contribution in [-0.2, 0) is 28.6 Å². The predicted molar refractivity (Wildman–Crippen MR) is 279 cm³/mol. The minimum Gasteiger partial charge on any atom is -0.462 e. The first-order valence-corrected chi connectivity index (χ1v) is 28.1. The molecule has 0 saturated carbocycles. The maximum absolute atomic E-state index is 12.8. The van der Waals surface area contributed by atoms with E-state index in [9.17, 15) is 14.4 Å². The number of esters is 3. The molecule has 0 aromatic rings. The summed E-state index contributed by atoms with van der Waals surface area (Å²) >= 11 is 0. The molecular formula is C59H106O6. The molecule has 0 aromatic heterocycles. The van der Waals surface area contributed by atoms with Crippen molar-refractivity contribution in [3.05, 3.63) is 48.6 Å². The molecule has 0 N–H and O–H groups in total. The molecule has 0 amide bonds. The Bertz CT molecular complexity index is 1140. The topological polar surface area (TPSA) is 78.9 Å². The van der Waals surface area contributed by atoms with E-state index < -0.39 is 6.10 Å². The standard InChI is InChI=1S/C59H106O6/c1-4-7-10-13-16-19-22-25-26-27-28-29-30-31-32-33-35-37-40-43-46-49-52-58(61)64-55-56(54-63-57(60)51-48-45-42-39-36-24-21-18-15-12-9-6-3)65-59(62)53-50-47-44-41-38-34-23-20-17-14-11-8-5-2/h8,11,17-18,20-21,34,38,56H,4-7,9-10,12-16,19,22-33,35-37,39-55H2,1-3H3/b11-8-,20-17-,21-18-,38-34-. The zero-order valence-corrected chi connectivity index (χ0v) is 43.3. The Morgan fingerprint density at radius 2 is 0.600 bits per heavy atom. The Balaban J connectivity index is 4.27. The Kier molecular flexibility index (Phi) is 51.8. The zero-order valence-electron chi connectivity index (χ0n) is 43.3. The summed E-state index contributed by atoms with van der Waals surface area (Å²) < 4.78 is 16.8. The van der Waals surface area contributed by atoms with Crippen molar-refractivity contribution in [2.75, 3.05) is 13.2 Å². The second-order valence-electron chi connectivity index (χ2n) is 18.8. The Morgan fingerprint density at radius 3 is 1.00 bits per heavy atom. The molecule has 0 aromatic carbocycles. The fraction of sp³-hybridized carbons (Fsp3) is 0.814. The highest BCUT2D eigenvalue weighted by Crippen LogP contribution is 2.17. The maximum atomic E-state index is 12.8. The second kappa shape index (κ2) is 54.0. The van der Waals surface area contributed by atoms with Crippen LogP contribution in [0.15, 0.2) is 48.6 Å². The molecule has 0 aliphatic heterocycles. The van der Waals surface area contributed by atoms with E-state index in [1.54, 1.807) is 0 Å². The van der Waals surface area contributed by atoms with Gasteiger partial charge in [-0.15, -0.1) is 0 Å². The lowest BCUT2D eigenvalue weighted by atomic mass is 10.0.